The highest BCUT2D eigenvalue weighted by Gasteiger charge is 2.32. The standard InChI is InChI=1S/C10H17NO3S/c12-10(9-4-1-2-5-9)8-11-6-3-7-15(11,13)14/h9H,1-8H2. The summed E-state index contributed by atoms with van der Waals surface area (Å²) >= 11 is 0. The van der Waals surface area contributed by atoms with Crippen molar-refractivity contribution >= 4 is 15.8 Å². The molecule has 2 rings (SSSR count). The van der Waals surface area contributed by atoms with Crippen molar-refractivity contribution in [2.45, 2.75) is 32.1 Å². The van der Waals surface area contributed by atoms with Crippen LogP contribution in [0.15, 0.2) is 0 Å². The molecule has 1 saturated heterocycles. The molecule has 0 aromatic carbocycles. The second-order valence-electron chi connectivity index (χ2n) is 4.45. The molecule has 1 saturated carbocycles. The van der Waals surface area contributed by atoms with E-state index in [4.69, 9.17) is 0 Å². The molecule has 0 aromatic rings. The number of sulfonamides is 1. The second kappa shape index (κ2) is 4.22. The summed E-state index contributed by atoms with van der Waals surface area (Å²) in [5.74, 6) is 0.462. The summed E-state index contributed by atoms with van der Waals surface area (Å²) in [6.07, 6.45) is 4.80. The van der Waals surface area contributed by atoms with Gasteiger partial charge in [0, 0.05) is 12.5 Å². The van der Waals surface area contributed by atoms with Gasteiger partial charge in [-0.15, -0.1) is 0 Å². The molecule has 0 unspecified atom stereocenters. The molecule has 15 heavy (non-hydrogen) atoms. The van der Waals surface area contributed by atoms with E-state index in [-0.39, 0.29) is 24.0 Å². The number of nitrogens with zero attached hydrogens (tertiary/aromatic N) is 1. The number of ketones is 1. The monoisotopic (exact) mass is 231 g/mol. The summed E-state index contributed by atoms with van der Waals surface area (Å²) in [6.45, 7) is 0.647. The SMILES string of the molecule is O=C(CN1CCCS1(=O)=O)C1CCCC1. The average Bonchev–Trinajstić information content (AvgIpc) is 2.76. The Morgan fingerprint density at radius 1 is 1.20 bits per heavy atom. The van der Waals surface area contributed by atoms with Gasteiger partial charge in [0.15, 0.2) is 5.78 Å². The molecular formula is C10H17NO3S. The highest BCUT2D eigenvalue weighted by Crippen LogP contribution is 2.26. The average molecular weight is 231 g/mol. The first kappa shape index (κ1) is 11.1. The highest BCUT2D eigenvalue weighted by molar-refractivity contribution is 7.89. The first-order valence-electron chi connectivity index (χ1n) is 5.60. The summed E-state index contributed by atoms with van der Waals surface area (Å²) < 4.78 is 24.3. The zero-order valence-electron chi connectivity index (χ0n) is 8.81. The Balaban J connectivity index is 1.94. The lowest BCUT2D eigenvalue weighted by molar-refractivity contribution is -0.122. The molecule has 0 atom stereocenters. The predicted molar refractivity (Wildman–Crippen MR) is 56.9 cm³/mol. The van der Waals surface area contributed by atoms with Crippen molar-refractivity contribution in [1.82, 2.24) is 4.31 Å². The molecule has 1 aliphatic heterocycles. The van der Waals surface area contributed by atoms with Crippen LogP contribution < -0.4 is 0 Å². The Bertz CT molecular complexity index is 344. The molecule has 86 valence electrons. The van der Waals surface area contributed by atoms with Gasteiger partial charge < -0.3 is 0 Å². The molecule has 2 aliphatic rings. The quantitative estimate of drug-likeness (QED) is 0.721. The van der Waals surface area contributed by atoms with Gasteiger partial charge in [0.05, 0.1) is 12.3 Å². The zero-order chi connectivity index (χ0) is 10.9. The number of carbonyl (C=O) groups is 1. The molecule has 1 heterocycles. The van der Waals surface area contributed by atoms with Crippen molar-refractivity contribution in [2.24, 2.45) is 5.92 Å². The van der Waals surface area contributed by atoms with Crippen LogP contribution in [0.5, 0.6) is 0 Å². The third-order valence-electron chi connectivity index (χ3n) is 3.35. The van der Waals surface area contributed by atoms with Gasteiger partial charge in [-0.3, -0.25) is 4.79 Å². The summed E-state index contributed by atoms with van der Waals surface area (Å²) in [6, 6.07) is 0. The van der Waals surface area contributed by atoms with Gasteiger partial charge in [-0.1, -0.05) is 12.8 Å². The topological polar surface area (TPSA) is 54.5 Å². The number of hydrogen-bond donors (Lipinski definition) is 0. The highest BCUT2D eigenvalue weighted by atomic mass is 32.2. The van der Waals surface area contributed by atoms with E-state index in [1.54, 1.807) is 0 Å². The largest absolute Gasteiger partial charge is 0.298 e. The molecule has 0 N–H and O–H groups in total. The van der Waals surface area contributed by atoms with Gasteiger partial charge in [-0.05, 0) is 19.3 Å². The maximum atomic E-state index is 11.8. The zero-order valence-corrected chi connectivity index (χ0v) is 9.63. The minimum absolute atomic E-state index is 0.118. The molecule has 0 bridgehead atoms. The Morgan fingerprint density at radius 3 is 2.40 bits per heavy atom. The van der Waals surface area contributed by atoms with E-state index in [0.717, 1.165) is 25.7 Å². The molecule has 1 aliphatic carbocycles. The predicted octanol–water partition coefficient (Wildman–Crippen LogP) is 0.781. The van der Waals surface area contributed by atoms with E-state index < -0.39 is 10.0 Å². The van der Waals surface area contributed by atoms with E-state index in [0.29, 0.717) is 13.0 Å². The van der Waals surface area contributed by atoms with E-state index >= 15 is 0 Å². The van der Waals surface area contributed by atoms with Crippen molar-refractivity contribution in [2.75, 3.05) is 18.8 Å². The van der Waals surface area contributed by atoms with Crippen molar-refractivity contribution < 1.29 is 13.2 Å². The molecule has 2 fully saturated rings. The minimum Gasteiger partial charge on any atom is -0.298 e. The molecule has 0 aromatic heterocycles. The summed E-state index contributed by atoms with van der Waals surface area (Å²) in [5.41, 5.74) is 0. The summed E-state index contributed by atoms with van der Waals surface area (Å²) in [5, 5.41) is 0. The molecule has 0 spiro atoms. The van der Waals surface area contributed by atoms with Crippen LogP contribution in [0.3, 0.4) is 0 Å². The maximum Gasteiger partial charge on any atom is 0.214 e. The molecule has 0 amide bonds. The van der Waals surface area contributed by atoms with Crippen molar-refractivity contribution in [3.63, 3.8) is 0 Å². The number of Topliss-reactive ketones (excluding diaryl/α,β-unsaturated/α-hetero) is 1. The molecule has 5 heteroatoms. The maximum absolute atomic E-state index is 11.8. The second-order valence-corrected chi connectivity index (χ2v) is 6.54. The Hall–Kier alpha value is -0.420. The van der Waals surface area contributed by atoms with E-state index in [1.165, 1.54) is 4.31 Å². The first-order valence-corrected chi connectivity index (χ1v) is 7.21. The van der Waals surface area contributed by atoms with E-state index in [9.17, 15) is 13.2 Å². The molecule has 0 radical (unpaired) electrons. The fourth-order valence-corrected chi connectivity index (χ4v) is 3.90. The van der Waals surface area contributed by atoms with Gasteiger partial charge in [-0.25, -0.2) is 8.42 Å². The molecule has 4 nitrogen and oxygen atoms in total. The summed E-state index contributed by atoms with van der Waals surface area (Å²) in [4.78, 5) is 11.8. The number of rotatable bonds is 3. The van der Waals surface area contributed by atoms with Gasteiger partial charge >= 0.3 is 0 Å². The van der Waals surface area contributed by atoms with Crippen molar-refractivity contribution in [3.05, 3.63) is 0 Å². The number of carbonyl (C=O) groups excluding carboxylic acids is 1. The Labute approximate surface area is 90.7 Å². The van der Waals surface area contributed by atoms with Crippen LogP contribution in [0.1, 0.15) is 32.1 Å². The van der Waals surface area contributed by atoms with Crippen LogP contribution >= 0.6 is 0 Å². The van der Waals surface area contributed by atoms with Crippen LogP contribution in [0.2, 0.25) is 0 Å². The van der Waals surface area contributed by atoms with Gasteiger partial charge in [0.25, 0.3) is 0 Å². The number of hydrogen-bond acceptors (Lipinski definition) is 3. The third kappa shape index (κ3) is 2.39. The lowest BCUT2D eigenvalue weighted by Crippen LogP contribution is -2.33. The molecular weight excluding hydrogens is 214 g/mol. The lowest BCUT2D eigenvalue weighted by atomic mass is 10.0. The van der Waals surface area contributed by atoms with Crippen LogP contribution in [-0.2, 0) is 14.8 Å². The van der Waals surface area contributed by atoms with Crippen LogP contribution in [0.4, 0.5) is 0 Å². The minimum atomic E-state index is -3.10. The fraction of sp³-hybridized carbons (Fsp3) is 0.900. The van der Waals surface area contributed by atoms with Crippen LogP contribution in [0.25, 0.3) is 0 Å². The normalized spacial score (nSPS) is 27.2. The van der Waals surface area contributed by atoms with E-state index in [1.807, 2.05) is 0 Å². The van der Waals surface area contributed by atoms with Crippen molar-refractivity contribution in [1.29, 1.82) is 0 Å². The van der Waals surface area contributed by atoms with Crippen LogP contribution in [0, 0.1) is 5.92 Å². The Morgan fingerprint density at radius 2 is 1.87 bits per heavy atom. The lowest BCUT2D eigenvalue weighted by Gasteiger charge is -2.15. The smallest absolute Gasteiger partial charge is 0.214 e. The van der Waals surface area contributed by atoms with Gasteiger partial charge in [0.2, 0.25) is 10.0 Å². The van der Waals surface area contributed by atoms with Crippen molar-refractivity contribution in [3.8, 4) is 0 Å². The summed E-state index contributed by atoms with van der Waals surface area (Å²) in [7, 11) is -3.10. The fourth-order valence-electron chi connectivity index (χ4n) is 2.42. The van der Waals surface area contributed by atoms with Crippen LogP contribution in [-0.4, -0.2) is 37.3 Å². The third-order valence-corrected chi connectivity index (χ3v) is 5.25. The van der Waals surface area contributed by atoms with E-state index in [2.05, 4.69) is 0 Å². The first-order chi connectivity index (χ1) is 7.09. The van der Waals surface area contributed by atoms with Gasteiger partial charge in [0.1, 0.15) is 0 Å². The Kier molecular flexibility index (Phi) is 3.11. The van der Waals surface area contributed by atoms with Gasteiger partial charge in [-0.2, -0.15) is 4.31 Å².